The summed E-state index contributed by atoms with van der Waals surface area (Å²) in [5, 5.41) is 8.28. The van der Waals surface area contributed by atoms with Gasteiger partial charge in [-0.2, -0.15) is 0 Å². The van der Waals surface area contributed by atoms with Crippen LogP contribution in [0.3, 0.4) is 0 Å². The van der Waals surface area contributed by atoms with Gasteiger partial charge in [-0.1, -0.05) is 35.5 Å². The molecule has 1 aromatic heterocycles. The first kappa shape index (κ1) is 20.5. The molecule has 0 fully saturated rings. The molecule has 0 aliphatic carbocycles. The number of esters is 1. The van der Waals surface area contributed by atoms with E-state index in [2.05, 4.69) is 15.8 Å². The Morgan fingerprint density at radius 1 is 1.22 bits per heavy atom. The molecular formula is C18H21N3O5S. The number of benzene rings is 1. The molecule has 0 spiro atoms. The van der Waals surface area contributed by atoms with Crippen LogP contribution < -0.4 is 10.6 Å². The second-order valence-electron chi connectivity index (χ2n) is 5.64. The molecule has 9 heteroatoms. The quantitative estimate of drug-likeness (QED) is 0.697. The number of imide groups is 1. The zero-order valence-electron chi connectivity index (χ0n) is 15.3. The Morgan fingerprint density at radius 2 is 1.93 bits per heavy atom. The largest absolute Gasteiger partial charge is 0.447 e. The van der Waals surface area contributed by atoms with Crippen molar-refractivity contribution in [1.29, 1.82) is 0 Å². The molecule has 0 bridgehead atoms. The van der Waals surface area contributed by atoms with E-state index in [0.29, 0.717) is 17.1 Å². The Balaban J connectivity index is 1.98. The van der Waals surface area contributed by atoms with Crippen LogP contribution in [0.25, 0.3) is 0 Å². The molecule has 0 aliphatic heterocycles. The predicted molar refractivity (Wildman–Crippen MR) is 100 cm³/mol. The number of rotatable bonds is 7. The summed E-state index contributed by atoms with van der Waals surface area (Å²) in [6.07, 6.45) is -1.21. The number of aromatic nitrogens is 1. The van der Waals surface area contributed by atoms with Crippen molar-refractivity contribution in [3.05, 3.63) is 52.9 Å². The van der Waals surface area contributed by atoms with E-state index in [9.17, 15) is 14.4 Å². The maximum absolute atomic E-state index is 12.3. The molecule has 0 saturated heterocycles. The minimum absolute atomic E-state index is 0.0423. The lowest BCUT2D eigenvalue weighted by Crippen LogP contribution is -2.41. The van der Waals surface area contributed by atoms with Gasteiger partial charge in [0, 0.05) is 23.9 Å². The standard InChI is InChI=1S/C18H21N3O5S/c1-11-14(12(2)26-21-11)9-27-10-15(22)25-16(13-7-5-4-6-8-13)17(23)20-18(24)19-3/h4-8,16H,9-10H2,1-3H3,(H2,19,20,23,24)/t16-/m0/s1. The number of amides is 3. The Labute approximate surface area is 161 Å². The first-order chi connectivity index (χ1) is 12.9. The van der Waals surface area contributed by atoms with Gasteiger partial charge in [0.2, 0.25) is 6.10 Å². The molecule has 0 unspecified atom stereocenters. The Morgan fingerprint density at radius 3 is 2.52 bits per heavy atom. The number of carbonyl (C=O) groups is 3. The molecular weight excluding hydrogens is 370 g/mol. The molecule has 8 nitrogen and oxygen atoms in total. The monoisotopic (exact) mass is 391 g/mol. The van der Waals surface area contributed by atoms with Gasteiger partial charge in [0.05, 0.1) is 11.4 Å². The van der Waals surface area contributed by atoms with E-state index in [0.717, 1.165) is 11.3 Å². The molecule has 2 rings (SSSR count). The molecule has 2 N–H and O–H groups in total. The third-order valence-corrected chi connectivity index (χ3v) is 4.63. The second-order valence-corrected chi connectivity index (χ2v) is 6.63. The van der Waals surface area contributed by atoms with Gasteiger partial charge in [-0.25, -0.2) is 4.79 Å². The highest BCUT2D eigenvalue weighted by Gasteiger charge is 2.26. The number of urea groups is 1. The van der Waals surface area contributed by atoms with Crippen LogP contribution in [0.2, 0.25) is 0 Å². The lowest BCUT2D eigenvalue weighted by molar-refractivity contribution is -0.153. The molecule has 1 atom stereocenters. The summed E-state index contributed by atoms with van der Waals surface area (Å²) in [5.74, 6) is 0.00921. The van der Waals surface area contributed by atoms with Gasteiger partial charge in [-0.15, -0.1) is 11.8 Å². The van der Waals surface area contributed by atoms with Gasteiger partial charge in [0.1, 0.15) is 5.76 Å². The summed E-state index contributed by atoms with van der Waals surface area (Å²) in [6, 6.07) is 7.84. The lowest BCUT2D eigenvalue weighted by atomic mass is 10.1. The van der Waals surface area contributed by atoms with Crippen LogP contribution in [0, 0.1) is 13.8 Å². The number of carbonyl (C=O) groups excluding carboxylic acids is 3. The van der Waals surface area contributed by atoms with Crippen molar-refractivity contribution >= 4 is 29.7 Å². The van der Waals surface area contributed by atoms with Crippen LogP contribution in [0.1, 0.15) is 28.7 Å². The Bertz CT molecular complexity index is 787. The van der Waals surface area contributed by atoms with Crippen molar-refractivity contribution in [3.8, 4) is 0 Å². The molecule has 144 valence electrons. The third-order valence-electron chi connectivity index (χ3n) is 3.70. The van der Waals surface area contributed by atoms with E-state index in [1.165, 1.54) is 18.8 Å². The minimum Gasteiger partial charge on any atom is -0.447 e. The van der Waals surface area contributed by atoms with Gasteiger partial charge in [-0.3, -0.25) is 14.9 Å². The smallest absolute Gasteiger partial charge is 0.321 e. The number of hydrogen-bond acceptors (Lipinski definition) is 7. The van der Waals surface area contributed by atoms with Gasteiger partial charge in [0.15, 0.2) is 0 Å². The van der Waals surface area contributed by atoms with E-state index in [4.69, 9.17) is 9.26 Å². The fourth-order valence-corrected chi connectivity index (χ4v) is 3.20. The fraction of sp³-hybridized carbons (Fsp3) is 0.333. The third kappa shape index (κ3) is 5.85. The maximum Gasteiger partial charge on any atom is 0.321 e. The molecule has 0 aliphatic rings. The van der Waals surface area contributed by atoms with Crippen molar-refractivity contribution in [3.63, 3.8) is 0 Å². The van der Waals surface area contributed by atoms with Crippen LogP contribution in [0.5, 0.6) is 0 Å². The first-order valence-corrected chi connectivity index (χ1v) is 9.34. The summed E-state index contributed by atoms with van der Waals surface area (Å²) in [6.45, 7) is 3.64. The van der Waals surface area contributed by atoms with E-state index in [1.807, 2.05) is 13.8 Å². The normalized spacial score (nSPS) is 11.5. The number of nitrogens with zero attached hydrogens (tertiary/aromatic N) is 1. The summed E-state index contributed by atoms with van der Waals surface area (Å²) in [7, 11) is 1.39. The first-order valence-electron chi connectivity index (χ1n) is 8.18. The van der Waals surface area contributed by atoms with Crippen molar-refractivity contribution in [2.75, 3.05) is 12.8 Å². The zero-order valence-corrected chi connectivity index (χ0v) is 16.1. The van der Waals surface area contributed by atoms with E-state index in [-0.39, 0.29) is 5.75 Å². The highest BCUT2D eigenvalue weighted by atomic mass is 32.2. The molecule has 1 heterocycles. The molecule has 1 aromatic carbocycles. The minimum atomic E-state index is -1.21. The highest BCUT2D eigenvalue weighted by molar-refractivity contribution is 7.99. The molecule has 0 radical (unpaired) electrons. The van der Waals surface area contributed by atoms with Gasteiger partial charge >= 0.3 is 12.0 Å². The molecule has 27 heavy (non-hydrogen) atoms. The number of aryl methyl sites for hydroxylation is 2. The summed E-state index contributed by atoms with van der Waals surface area (Å²) < 4.78 is 10.4. The average molecular weight is 391 g/mol. The van der Waals surface area contributed by atoms with Crippen molar-refractivity contribution in [2.24, 2.45) is 0 Å². The Hall–Kier alpha value is -2.81. The lowest BCUT2D eigenvalue weighted by Gasteiger charge is -2.17. The zero-order chi connectivity index (χ0) is 19.8. The number of ether oxygens (including phenoxy) is 1. The van der Waals surface area contributed by atoms with Crippen molar-refractivity contribution < 1.29 is 23.6 Å². The number of thioether (sulfide) groups is 1. The SMILES string of the molecule is CNC(=O)NC(=O)[C@@H](OC(=O)CSCc1c(C)noc1C)c1ccccc1. The summed E-state index contributed by atoms with van der Waals surface area (Å²) in [4.78, 5) is 36.0. The van der Waals surface area contributed by atoms with Gasteiger partial charge in [0.25, 0.3) is 5.91 Å². The number of nitrogens with one attached hydrogen (secondary N) is 2. The Kier molecular flexibility index (Phi) is 7.42. The summed E-state index contributed by atoms with van der Waals surface area (Å²) in [5.41, 5.74) is 2.19. The summed E-state index contributed by atoms with van der Waals surface area (Å²) >= 11 is 1.33. The highest BCUT2D eigenvalue weighted by Crippen LogP contribution is 2.22. The van der Waals surface area contributed by atoms with Crippen LogP contribution in [0.4, 0.5) is 4.79 Å². The molecule has 3 amide bonds. The van der Waals surface area contributed by atoms with Crippen LogP contribution in [0.15, 0.2) is 34.9 Å². The van der Waals surface area contributed by atoms with E-state index >= 15 is 0 Å². The topological polar surface area (TPSA) is 111 Å². The van der Waals surface area contributed by atoms with Crippen molar-refractivity contribution in [1.82, 2.24) is 15.8 Å². The second kappa shape index (κ2) is 9.77. The average Bonchev–Trinajstić information content (AvgIpc) is 2.98. The van der Waals surface area contributed by atoms with E-state index < -0.39 is 24.0 Å². The maximum atomic E-state index is 12.3. The van der Waals surface area contributed by atoms with Crippen LogP contribution >= 0.6 is 11.8 Å². The van der Waals surface area contributed by atoms with Gasteiger partial charge < -0.3 is 14.6 Å². The fourth-order valence-electron chi connectivity index (χ4n) is 2.25. The predicted octanol–water partition coefficient (Wildman–Crippen LogP) is 2.26. The molecule has 2 aromatic rings. The van der Waals surface area contributed by atoms with Crippen molar-refractivity contribution in [2.45, 2.75) is 25.7 Å². The van der Waals surface area contributed by atoms with Crippen LogP contribution in [-0.2, 0) is 20.1 Å². The number of hydrogen-bond donors (Lipinski definition) is 2. The van der Waals surface area contributed by atoms with Gasteiger partial charge in [-0.05, 0) is 13.8 Å². The van der Waals surface area contributed by atoms with Crippen LogP contribution in [-0.4, -0.2) is 35.9 Å². The molecule has 0 saturated carbocycles. The van der Waals surface area contributed by atoms with E-state index in [1.54, 1.807) is 30.3 Å².